The van der Waals surface area contributed by atoms with Crippen LogP contribution in [0.25, 0.3) is 0 Å². The van der Waals surface area contributed by atoms with Gasteiger partial charge in [0, 0.05) is 48.3 Å². The molecule has 2 aliphatic heterocycles. The van der Waals surface area contributed by atoms with Crippen LogP contribution in [0.15, 0.2) is 60.0 Å². The van der Waals surface area contributed by atoms with Crippen molar-refractivity contribution in [2.45, 2.75) is 51.9 Å². The van der Waals surface area contributed by atoms with Crippen molar-refractivity contribution in [1.82, 2.24) is 19.4 Å². The zero-order valence-electron chi connectivity index (χ0n) is 17.7. The van der Waals surface area contributed by atoms with Crippen LogP contribution in [0.4, 0.5) is 0 Å². The quantitative estimate of drug-likeness (QED) is 0.591. The van der Waals surface area contributed by atoms with Gasteiger partial charge in [0.1, 0.15) is 6.04 Å². The van der Waals surface area contributed by atoms with Gasteiger partial charge in [-0.3, -0.25) is 15.0 Å². The standard InChI is InChI=1S/C24H27N5S/c1-4-19-15-30-24-27-22(21-7-5-6-10-26-21)23(29(19)24)20-13-16(2)28(17(20)3)14-18-8-11-25-12-9-18/h5-13,19,22-23H,4,14-15H2,1-3H3/t19-,22-,23+/m1/s1. The molecular formula is C24H27N5S. The maximum atomic E-state index is 5.17. The highest BCUT2D eigenvalue weighted by Gasteiger charge is 2.46. The number of fused-ring (bicyclic) bond motifs is 1. The predicted molar refractivity (Wildman–Crippen MR) is 123 cm³/mol. The lowest BCUT2D eigenvalue weighted by atomic mass is 9.95. The van der Waals surface area contributed by atoms with E-state index in [1.54, 1.807) is 0 Å². The lowest BCUT2D eigenvalue weighted by Crippen LogP contribution is -2.35. The highest BCUT2D eigenvalue weighted by Crippen LogP contribution is 2.49. The predicted octanol–water partition coefficient (Wildman–Crippen LogP) is 4.92. The van der Waals surface area contributed by atoms with Gasteiger partial charge in [0.2, 0.25) is 0 Å². The van der Waals surface area contributed by atoms with Crippen LogP contribution >= 0.6 is 11.8 Å². The van der Waals surface area contributed by atoms with E-state index in [1.165, 1.54) is 27.7 Å². The Bertz CT molecular complexity index is 1060. The minimum Gasteiger partial charge on any atom is -0.344 e. The highest BCUT2D eigenvalue weighted by atomic mass is 32.2. The summed E-state index contributed by atoms with van der Waals surface area (Å²) in [5, 5.41) is 1.18. The van der Waals surface area contributed by atoms with E-state index in [-0.39, 0.29) is 12.1 Å². The molecule has 3 atom stereocenters. The van der Waals surface area contributed by atoms with Crippen LogP contribution in [0.5, 0.6) is 0 Å². The van der Waals surface area contributed by atoms with Crippen molar-refractivity contribution in [2.24, 2.45) is 4.99 Å². The summed E-state index contributed by atoms with van der Waals surface area (Å²) >= 11 is 1.90. The molecule has 0 aromatic carbocycles. The van der Waals surface area contributed by atoms with E-state index in [1.807, 2.05) is 36.4 Å². The highest BCUT2D eigenvalue weighted by molar-refractivity contribution is 8.14. The summed E-state index contributed by atoms with van der Waals surface area (Å²) in [5.41, 5.74) is 6.30. The molecule has 0 aliphatic carbocycles. The molecule has 5 heterocycles. The van der Waals surface area contributed by atoms with Crippen molar-refractivity contribution in [3.63, 3.8) is 0 Å². The molecular weight excluding hydrogens is 390 g/mol. The van der Waals surface area contributed by atoms with Gasteiger partial charge in [-0.25, -0.2) is 0 Å². The molecule has 0 N–H and O–H groups in total. The fraction of sp³-hybridized carbons (Fsp3) is 0.375. The monoisotopic (exact) mass is 417 g/mol. The summed E-state index contributed by atoms with van der Waals surface area (Å²) in [6.07, 6.45) is 6.75. The van der Waals surface area contributed by atoms with Crippen molar-refractivity contribution < 1.29 is 0 Å². The van der Waals surface area contributed by atoms with Crippen molar-refractivity contribution in [2.75, 3.05) is 5.75 Å². The lowest BCUT2D eigenvalue weighted by molar-refractivity contribution is 0.254. The van der Waals surface area contributed by atoms with Crippen molar-refractivity contribution in [1.29, 1.82) is 0 Å². The minimum atomic E-state index is 0.0397. The van der Waals surface area contributed by atoms with Crippen molar-refractivity contribution in [3.8, 4) is 0 Å². The largest absolute Gasteiger partial charge is 0.344 e. The van der Waals surface area contributed by atoms with Crippen LogP contribution in [0.2, 0.25) is 0 Å². The van der Waals surface area contributed by atoms with Crippen LogP contribution in [-0.2, 0) is 6.54 Å². The van der Waals surface area contributed by atoms with E-state index in [4.69, 9.17) is 4.99 Å². The van der Waals surface area contributed by atoms with Crippen molar-refractivity contribution >= 4 is 16.9 Å². The van der Waals surface area contributed by atoms with Gasteiger partial charge in [0.05, 0.1) is 11.7 Å². The van der Waals surface area contributed by atoms with Crippen LogP contribution in [-0.4, -0.2) is 36.4 Å². The second-order valence-electron chi connectivity index (χ2n) is 8.10. The normalized spacial score (nSPS) is 23.0. The third kappa shape index (κ3) is 3.23. The lowest BCUT2D eigenvalue weighted by Gasteiger charge is -2.32. The van der Waals surface area contributed by atoms with E-state index in [9.17, 15) is 0 Å². The summed E-state index contributed by atoms with van der Waals surface area (Å²) in [7, 11) is 0. The van der Waals surface area contributed by atoms with Crippen LogP contribution in [0.1, 0.15) is 53.6 Å². The van der Waals surface area contributed by atoms with Gasteiger partial charge in [-0.15, -0.1) is 0 Å². The molecule has 2 aliphatic rings. The van der Waals surface area contributed by atoms with Crippen LogP contribution in [0.3, 0.4) is 0 Å². The Labute approximate surface area is 182 Å². The Balaban J connectivity index is 1.57. The Kier molecular flexibility index (Phi) is 5.11. The van der Waals surface area contributed by atoms with Crippen molar-refractivity contribution in [3.05, 3.63) is 83.2 Å². The molecule has 3 aromatic rings. The zero-order valence-corrected chi connectivity index (χ0v) is 18.5. The van der Waals surface area contributed by atoms with E-state index in [0.717, 1.165) is 24.4 Å². The molecule has 0 amide bonds. The molecule has 5 nitrogen and oxygen atoms in total. The molecule has 1 fully saturated rings. The first-order valence-electron chi connectivity index (χ1n) is 10.6. The Morgan fingerprint density at radius 1 is 1.10 bits per heavy atom. The molecule has 0 saturated carbocycles. The molecule has 0 unspecified atom stereocenters. The average Bonchev–Trinajstić information content (AvgIpc) is 3.43. The maximum Gasteiger partial charge on any atom is 0.160 e. The Morgan fingerprint density at radius 3 is 2.67 bits per heavy atom. The molecule has 3 aromatic heterocycles. The zero-order chi connectivity index (χ0) is 20.7. The molecule has 0 radical (unpaired) electrons. The molecule has 5 rings (SSSR count). The smallest absolute Gasteiger partial charge is 0.160 e. The van der Waals surface area contributed by atoms with Gasteiger partial charge in [-0.05, 0) is 61.7 Å². The van der Waals surface area contributed by atoms with E-state index in [2.05, 4.69) is 70.5 Å². The summed E-state index contributed by atoms with van der Waals surface area (Å²) in [5.74, 6) is 1.12. The number of aliphatic imine (C=N–C) groups is 1. The Morgan fingerprint density at radius 2 is 1.93 bits per heavy atom. The van der Waals surface area contributed by atoms with E-state index >= 15 is 0 Å². The minimum absolute atomic E-state index is 0.0397. The van der Waals surface area contributed by atoms with E-state index in [0.29, 0.717) is 6.04 Å². The molecule has 30 heavy (non-hydrogen) atoms. The number of thioether (sulfide) groups is 1. The number of aromatic nitrogens is 3. The van der Waals surface area contributed by atoms with Gasteiger partial charge < -0.3 is 9.47 Å². The second-order valence-corrected chi connectivity index (χ2v) is 9.09. The summed E-state index contributed by atoms with van der Waals surface area (Å²) in [6, 6.07) is 13.5. The third-order valence-corrected chi connectivity index (χ3v) is 7.48. The third-order valence-electron chi connectivity index (χ3n) is 6.35. The number of hydrogen-bond acceptors (Lipinski definition) is 5. The molecule has 0 bridgehead atoms. The number of aryl methyl sites for hydroxylation is 1. The maximum absolute atomic E-state index is 5.17. The topological polar surface area (TPSA) is 46.3 Å². The van der Waals surface area contributed by atoms with Gasteiger partial charge in [-0.1, -0.05) is 24.8 Å². The summed E-state index contributed by atoms with van der Waals surface area (Å²) < 4.78 is 2.42. The van der Waals surface area contributed by atoms with Gasteiger partial charge in [0.25, 0.3) is 0 Å². The van der Waals surface area contributed by atoms with Gasteiger partial charge in [0.15, 0.2) is 5.17 Å². The van der Waals surface area contributed by atoms with E-state index < -0.39 is 0 Å². The SMILES string of the molecule is CC[C@@H]1CSC2=N[C@H](c3ccccn3)[C@H](c3cc(C)n(Cc4ccncc4)c3C)N21. The number of amidine groups is 1. The second kappa shape index (κ2) is 7.91. The number of rotatable bonds is 5. The Hall–Kier alpha value is -2.60. The van der Waals surface area contributed by atoms with Gasteiger partial charge >= 0.3 is 0 Å². The molecule has 6 heteroatoms. The fourth-order valence-electron chi connectivity index (χ4n) is 4.73. The molecule has 0 spiro atoms. The fourth-order valence-corrected chi connectivity index (χ4v) is 6.07. The first-order valence-corrected chi connectivity index (χ1v) is 11.6. The number of nitrogens with zero attached hydrogens (tertiary/aromatic N) is 5. The van der Waals surface area contributed by atoms with Crippen LogP contribution < -0.4 is 0 Å². The number of hydrogen-bond donors (Lipinski definition) is 0. The molecule has 154 valence electrons. The first kappa shape index (κ1) is 19.4. The number of pyridine rings is 2. The first-order chi connectivity index (χ1) is 14.7. The summed E-state index contributed by atoms with van der Waals surface area (Å²) in [6.45, 7) is 7.61. The van der Waals surface area contributed by atoms with Crippen LogP contribution in [0, 0.1) is 13.8 Å². The van der Waals surface area contributed by atoms with Gasteiger partial charge in [-0.2, -0.15) is 0 Å². The molecule has 1 saturated heterocycles. The summed E-state index contributed by atoms with van der Waals surface area (Å²) in [4.78, 5) is 16.6. The average molecular weight is 418 g/mol.